The van der Waals surface area contributed by atoms with E-state index >= 15 is 0 Å². The summed E-state index contributed by atoms with van der Waals surface area (Å²) in [7, 11) is 0. The molecule has 0 spiro atoms. The van der Waals surface area contributed by atoms with E-state index in [1.807, 2.05) is 0 Å². The number of aliphatic hydroxyl groups excluding tert-OH is 1. The second-order valence-electron chi connectivity index (χ2n) is 4.79. The maximum absolute atomic E-state index is 12.6. The van der Waals surface area contributed by atoms with E-state index in [1.54, 1.807) is 12.1 Å². The molecule has 0 radical (unpaired) electrons. The zero-order valence-electron chi connectivity index (χ0n) is 11.5. The molecule has 0 saturated heterocycles. The van der Waals surface area contributed by atoms with Crippen molar-refractivity contribution < 1.29 is 18.3 Å². The Morgan fingerprint density at radius 3 is 2.68 bits per heavy atom. The van der Waals surface area contributed by atoms with Gasteiger partial charge in [-0.15, -0.1) is 0 Å². The predicted octanol–water partition coefficient (Wildman–Crippen LogP) is 2.22. The highest BCUT2D eigenvalue weighted by atomic mass is 19.4. The normalized spacial score (nSPS) is 13.1. The number of nitrogens with one attached hydrogen (secondary N) is 2. The summed E-state index contributed by atoms with van der Waals surface area (Å²) in [6.07, 6.45) is -4.03. The molecule has 118 valence electrons. The molecule has 1 unspecified atom stereocenters. The van der Waals surface area contributed by atoms with E-state index in [2.05, 4.69) is 10.3 Å². The minimum atomic E-state index is -4.44. The highest BCUT2D eigenvalue weighted by Crippen LogP contribution is 2.30. The van der Waals surface area contributed by atoms with Crippen molar-refractivity contribution in [1.82, 2.24) is 10.3 Å². The molecule has 0 saturated carbocycles. The fraction of sp³-hybridized carbons (Fsp3) is 0.267. The number of aromatic nitrogens is 1. The third-order valence-corrected chi connectivity index (χ3v) is 3.15. The number of aromatic amines is 1. The molecule has 1 atom stereocenters. The molecule has 2 rings (SSSR count). The number of halogens is 3. The molecule has 1 aromatic heterocycles. The fourth-order valence-electron chi connectivity index (χ4n) is 1.98. The SMILES string of the molecule is O=c1[nH]cccc1CNCC(O)c1cccc(C(F)(F)F)c1. The molecule has 7 heteroatoms. The standard InChI is InChI=1S/C15H15F3N2O2/c16-15(17,18)12-5-1-3-10(7-12)13(21)9-19-8-11-4-2-6-20-14(11)22/h1-7,13,19,21H,8-9H2,(H,20,22). The van der Waals surface area contributed by atoms with Gasteiger partial charge in [-0.3, -0.25) is 4.79 Å². The topological polar surface area (TPSA) is 65.1 Å². The second-order valence-corrected chi connectivity index (χ2v) is 4.79. The number of pyridine rings is 1. The predicted molar refractivity (Wildman–Crippen MR) is 75.2 cm³/mol. The quantitative estimate of drug-likeness (QED) is 0.793. The van der Waals surface area contributed by atoms with Gasteiger partial charge in [0.2, 0.25) is 0 Å². The minimum Gasteiger partial charge on any atom is -0.387 e. The molecule has 22 heavy (non-hydrogen) atoms. The summed E-state index contributed by atoms with van der Waals surface area (Å²) in [5.74, 6) is 0. The fourth-order valence-corrected chi connectivity index (χ4v) is 1.98. The number of benzene rings is 1. The molecule has 4 nitrogen and oxygen atoms in total. The number of H-pyrrole nitrogens is 1. The summed E-state index contributed by atoms with van der Waals surface area (Å²) >= 11 is 0. The molecule has 0 aliphatic carbocycles. The van der Waals surface area contributed by atoms with Gasteiger partial charge in [-0.05, 0) is 23.8 Å². The van der Waals surface area contributed by atoms with Crippen LogP contribution < -0.4 is 10.9 Å². The van der Waals surface area contributed by atoms with Crippen molar-refractivity contribution in [3.63, 3.8) is 0 Å². The van der Waals surface area contributed by atoms with Crippen LogP contribution in [0.2, 0.25) is 0 Å². The number of hydrogen-bond donors (Lipinski definition) is 3. The van der Waals surface area contributed by atoms with Gasteiger partial charge in [0, 0.05) is 24.8 Å². The Morgan fingerprint density at radius 1 is 1.23 bits per heavy atom. The molecule has 1 aromatic carbocycles. The Labute approximate surface area is 124 Å². The molecule has 1 heterocycles. The van der Waals surface area contributed by atoms with Crippen molar-refractivity contribution >= 4 is 0 Å². The average molecular weight is 312 g/mol. The van der Waals surface area contributed by atoms with E-state index in [4.69, 9.17) is 0 Å². The molecule has 0 aliphatic heterocycles. The molecule has 2 aromatic rings. The van der Waals surface area contributed by atoms with Crippen molar-refractivity contribution in [3.8, 4) is 0 Å². The molecular weight excluding hydrogens is 297 g/mol. The van der Waals surface area contributed by atoms with Crippen LogP contribution in [-0.2, 0) is 12.7 Å². The van der Waals surface area contributed by atoms with Crippen molar-refractivity contribution in [2.45, 2.75) is 18.8 Å². The lowest BCUT2D eigenvalue weighted by atomic mass is 10.1. The second kappa shape index (κ2) is 6.76. The van der Waals surface area contributed by atoms with Crippen molar-refractivity contribution in [2.75, 3.05) is 6.54 Å². The highest BCUT2D eigenvalue weighted by molar-refractivity contribution is 5.27. The largest absolute Gasteiger partial charge is 0.416 e. The van der Waals surface area contributed by atoms with Crippen LogP contribution in [0.15, 0.2) is 47.4 Å². The maximum Gasteiger partial charge on any atom is 0.416 e. The Balaban J connectivity index is 1.97. The molecule has 0 amide bonds. The first kappa shape index (κ1) is 16.3. The first-order chi connectivity index (χ1) is 10.4. The first-order valence-corrected chi connectivity index (χ1v) is 6.60. The number of rotatable bonds is 5. The lowest BCUT2D eigenvalue weighted by Gasteiger charge is -2.14. The lowest BCUT2D eigenvalue weighted by molar-refractivity contribution is -0.137. The van der Waals surface area contributed by atoms with E-state index in [0.717, 1.165) is 12.1 Å². The third-order valence-electron chi connectivity index (χ3n) is 3.15. The van der Waals surface area contributed by atoms with Crippen LogP contribution in [0.5, 0.6) is 0 Å². The summed E-state index contributed by atoms with van der Waals surface area (Å²) in [5.41, 5.74) is -0.393. The number of alkyl halides is 3. The van der Waals surface area contributed by atoms with E-state index in [1.165, 1.54) is 18.3 Å². The van der Waals surface area contributed by atoms with E-state index in [0.29, 0.717) is 5.56 Å². The van der Waals surface area contributed by atoms with Crippen molar-refractivity contribution in [2.24, 2.45) is 0 Å². The number of aliphatic hydroxyl groups is 1. The van der Waals surface area contributed by atoms with Gasteiger partial charge in [0.1, 0.15) is 0 Å². The smallest absolute Gasteiger partial charge is 0.387 e. The van der Waals surface area contributed by atoms with Gasteiger partial charge < -0.3 is 15.4 Å². The van der Waals surface area contributed by atoms with Gasteiger partial charge in [0.15, 0.2) is 0 Å². The zero-order chi connectivity index (χ0) is 16.2. The molecular formula is C15H15F3N2O2. The van der Waals surface area contributed by atoms with Crippen LogP contribution in [0.3, 0.4) is 0 Å². The van der Waals surface area contributed by atoms with Gasteiger partial charge in [-0.1, -0.05) is 18.2 Å². The maximum atomic E-state index is 12.6. The Morgan fingerprint density at radius 2 is 2.00 bits per heavy atom. The van der Waals surface area contributed by atoms with Gasteiger partial charge >= 0.3 is 6.18 Å². The third kappa shape index (κ3) is 4.19. The van der Waals surface area contributed by atoms with E-state index in [9.17, 15) is 23.1 Å². The summed E-state index contributed by atoms with van der Waals surface area (Å²) in [6.45, 7) is 0.252. The van der Waals surface area contributed by atoms with E-state index in [-0.39, 0.29) is 24.2 Å². The Bertz CT molecular complexity index is 683. The first-order valence-electron chi connectivity index (χ1n) is 6.60. The van der Waals surface area contributed by atoms with Gasteiger partial charge in [-0.2, -0.15) is 13.2 Å². The Kier molecular flexibility index (Phi) is 4.99. The van der Waals surface area contributed by atoms with Crippen molar-refractivity contribution in [1.29, 1.82) is 0 Å². The molecule has 0 aliphatic rings. The van der Waals surface area contributed by atoms with Crippen LogP contribution in [0.4, 0.5) is 13.2 Å². The zero-order valence-corrected chi connectivity index (χ0v) is 11.5. The van der Waals surface area contributed by atoms with Crippen LogP contribution in [0.1, 0.15) is 22.8 Å². The van der Waals surface area contributed by atoms with Crippen LogP contribution >= 0.6 is 0 Å². The average Bonchev–Trinajstić information content (AvgIpc) is 2.48. The minimum absolute atomic E-state index is 0.0373. The van der Waals surface area contributed by atoms with Gasteiger partial charge in [0.05, 0.1) is 11.7 Å². The molecule has 0 fully saturated rings. The Hall–Kier alpha value is -2.12. The highest BCUT2D eigenvalue weighted by Gasteiger charge is 2.30. The van der Waals surface area contributed by atoms with Gasteiger partial charge in [0.25, 0.3) is 5.56 Å². The van der Waals surface area contributed by atoms with E-state index < -0.39 is 17.8 Å². The van der Waals surface area contributed by atoms with Crippen LogP contribution in [0.25, 0.3) is 0 Å². The van der Waals surface area contributed by atoms with Crippen molar-refractivity contribution in [3.05, 3.63) is 69.6 Å². The van der Waals surface area contributed by atoms with Gasteiger partial charge in [-0.25, -0.2) is 0 Å². The monoisotopic (exact) mass is 312 g/mol. The summed E-state index contributed by atoms with van der Waals surface area (Å²) in [6, 6.07) is 7.85. The number of hydrogen-bond acceptors (Lipinski definition) is 3. The summed E-state index contributed by atoms with van der Waals surface area (Å²) in [5, 5.41) is 12.8. The van der Waals surface area contributed by atoms with Crippen LogP contribution in [-0.4, -0.2) is 16.6 Å². The van der Waals surface area contributed by atoms with Crippen LogP contribution in [0, 0.1) is 0 Å². The molecule has 3 N–H and O–H groups in total. The summed E-state index contributed by atoms with van der Waals surface area (Å²) in [4.78, 5) is 13.9. The lowest BCUT2D eigenvalue weighted by Crippen LogP contribution is -2.25. The summed E-state index contributed by atoms with van der Waals surface area (Å²) < 4.78 is 37.8. The molecule has 0 bridgehead atoms.